The SMILES string of the molecule is COCCc1nsc(N2CCCN(C(=O)c3ccccc3F)CC2)n1. The number of rotatable bonds is 5. The highest BCUT2D eigenvalue weighted by Gasteiger charge is 2.23. The fraction of sp³-hybridized carbons (Fsp3) is 0.471. The van der Waals surface area contributed by atoms with E-state index in [9.17, 15) is 9.18 Å². The number of amides is 1. The lowest BCUT2D eigenvalue weighted by Crippen LogP contribution is -2.35. The molecular weight excluding hydrogens is 343 g/mol. The standard InChI is InChI=1S/C17H21FN4O2S/c1-24-12-7-15-19-17(25-20-15)22-9-4-8-21(10-11-22)16(23)13-5-2-3-6-14(13)18/h2-3,5-6H,4,7-12H2,1H3. The van der Waals surface area contributed by atoms with E-state index in [0.717, 1.165) is 23.9 Å². The van der Waals surface area contributed by atoms with E-state index >= 15 is 0 Å². The molecule has 0 bridgehead atoms. The molecule has 6 nitrogen and oxygen atoms in total. The smallest absolute Gasteiger partial charge is 0.256 e. The molecule has 1 amide bonds. The highest BCUT2D eigenvalue weighted by Crippen LogP contribution is 2.20. The molecule has 2 heterocycles. The van der Waals surface area contributed by atoms with Gasteiger partial charge in [-0.1, -0.05) is 12.1 Å². The lowest BCUT2D eigenvalue weighted by Gasteiger charge is -2.21. The van der Waals surface area contributed by atoms with Crippen LogP contribution in [0.15, 0.2) is 24.3 Å². The Morgan fingerprint density at radius 1 is 1.28 bits per heavy atom. The van der Waals surface area contributed by atoms with E-state index in [-0.39, 0.29) is 11.5 Å². The van der Waals surface area contributed by atoms with Gasteiger partial charge in [0.15, 0.2) is 0 Å². The quantitative estimate of drug-likeness (QED) is 0.814. The van der Waals surface area contributed by atoms with Gasteiger partial charge in [-0.15, -0.1) is 0 Å². The summed E-state index contributed by atoms with van der Waals surface area (Å²) in [5, 5.41) is 0.867. The van der Waals surface area contributed by atoms with Crippen molar-refractivity contribution in [3.8, 4) is 0 Å². The number of nitrogens with zero attached hydrogens (tertiary/aromatic N) is 4. The molecule has 1 aliphatic rings. The number of carbonyl (C=O) groups is 1. The Morgan fingerprint density at radius 2 is 2.12 bits per heavy atom. The van der Waals surface area contributed by atoms with Crippen LogP contribution in [0.2, 0.25) is 0 Å². The van der Waals surface area contributed by atoms with Crippen LogP contribution in [0.4, 0.5) is 9.52 Å². The van der Waals surface area contributed by atoms with Crippen LogP contribution in [-0.4, -0.2) is 60.1 Å². The van der Waals surface area contributed by atoms with Crippen LogP contribution < -0.4 is 4.90 Å². The first-order chi connectivity index (χ1) is 12.2. The van der Waals surface area contributed by atoms with Gasteiger partial charge in [0.25, 0.3) is 5.91 Å². The predicted octanol–water partition coefficient (Wildman–Crippen LogP) is 2.22. The minimum atomic E-state index is -0.472. The number of anilines is 1. The van der Waals surface area contributed by atoms with Crippen molar-refractivity contribution in [3.05, 3.63) is 41.5 Å². The molecule has 0 aliphatic carbocycles. The van der Waals surface area contributed by atoms with Gasteiger partial charge in [-0.2, -0.15) is 4.37 Å². The highest BCUT2D eigenvalue weighted by atomic mass is 32.1. The number of hydrogen-bond acceptors (Lipinski definition) is 6. The van der Waals surface area contributed by atoms with E-state index in [4.69, 9.17) is 4.74 Å². The summed E-state index contributed by atoms with van der Waals surface area (Å²) < 4.78 is 23.3. The molecule has 1 aromatic carbocycles. The van der Waals surface area contributed by atoms with Crippen molar-refractivity contribution >= 4 is 22.6 Å². The number of halogens is 1. The second-order valence-corrected chi connectivity index (χ2v) is 6.58. The fourth-order valence-electron chi connectivity index (χ4n) is 2.78. The largest absolute Gasteiger partial charge is 0.384 e. The van der Waals surface area contributed by atoms with Gasteiger partial charge in [0.05, 0.1) is 12.2 Å². The molecule has 2 aromatic rings. The third-order valence-electron chi connectivity index (χ3n) is 4.15. The normalized spacial score (nSPS) is 15.3. The summed E-state index contributed by atoms with van der Waals surface area (Å²) in [6.45, 7) is 3.22. The van der Waals surface area contributed by atoms with Gasteiger partial charge in [0.2, 0.25) is 5.13 Å². The Morgan fingerprint density at radius 3 is 2.92 bits per heavy atom. The van der Waals surface area contributed by atoms with E-state index in [2.05, 4.69) is 14.3 Å². The van der Waals surface area contributed by atoms with Crippen LogP contribution in [0.3, 0.4) is 0 Å². The minimum absolute atomic E-state index is 0.133. The maximum Gasteiger partial charge on any atom is 0.256 e. The van der Waals surface area contributed by atoms with Crippen LogP contribution in [0.1, 0.15) is 22.6 Å². The molecule has 0 radical (unpaired) electrons. The van der Waals surface area contributed by atoms with Crippen molar-refractivity contribution in [3.63, 3.8) is 0 Å². The van der Waals surface area contributed by atoms with Gasteiger partial charge in [-0.25, -0.2) is 9.37 Å². The second-order valence-electron chi connectivity index (χ2n) is 5.85. The number of aromatic nitrogens is 2. The summed E-state index contributed by atoms with van der Waals surface area (Å²) in [5.74, 6) is 0.0592. The Balaban J connectivity index is 1.63. The molecule has 1 aliphatic heterocycles. The summed E-state index contributed by atoms with van der Waals surface area (Å²) >= 11 is 1.37. The number of methoxy groups -OCH3 is 1. The maximum absolute atomic E-state index is 13.9. The van der Waals surface area contributed by atoms with E-state index < -0.39 is 5.82 Å². The zero-order valence-corrected chi connectivity index (χ0v) is 15.0. The lowest BCUT2D eigenvalue weighted by molar-refractivity contribution is 0.0762. The van der Waals surface area contributed by atoms with Crippen LogP contribution in [0.5, 0.6) is 0 Å². The van der Waals surface area contributed by atoms with Gasteiger partial charge >= 0.3 is 0 Å². The number of benzene rings is 1. The van der Waals surface area contributed by atoms with Gasteiger partial charge in [0.1, 0.15) is 11.6 Å². The molecule has 0 spiro atoms. The highest BCUT2D eigenvalue weighted by molar-refractivity contribution is 7.09. The predicted molar refractivity (Wildman–Crippen MR) is 94.6 cm³/mol. The zero-order valence-electron chi connectivity index (χ0n) is 14.2. The molecule has 1 saturated heterocycles. The topological polar surface area (TPSA) is 58.6 Å². The lowest BCUT2D eigenvalue weighted by atomic mass is 10.2. The van der Waals surface area contributed by atoms with Gasteiger partial charge < -0.3 is 14.5 Å². The fourth-order valence-corrected chi connectivity index (χ4v) is 3.55. The third kappa shape index (κ3) is 4.32. The summed E-state index contributed by atoms with van der Waals surface area (Å²) in [6.07, 6.45) is 1.51. The van der Waals surface area contributed by atoms with Crippen LogP contribution in [0, 0.1) is 5.82 Å². The molecule has 1 aromatic heterocycles. The van der Waals surface area contributed by atoms with Gasteiger partial charge in [0, 0.05) is 51.2 Å². The maximum atomic E-state index is 13.9. The Hall–Kier alpha value is -2.06. The van der Waals surface area contributed by atoms with Crippen LogP contribution in [-0.2, 0) is 11.2 Å². The monoisotopic (exact) mass is 364 g/mol. The Labute approximate surface area is 150 Å². The van der Waals surface area contributed by atoms with Crippen molar-refractivity contribution in [1.82, 2.24) is 14.3 Å². The van der Waals surface area contributed by atoms with Crippen molar-refractivity contribution in [2.45, 2.75) is 12.8 Å². The van der Waals surface area contributed by atoms with Crippen molar-refractivity contribution in [2.75, 3.05) is 44.8 Å². The van der Waals surface area contributed by atoms with Crippen molar-refractivity contribution in [2.24, 2.45) is 0 Å². The van der Waals surface area contributed by atoms with Crippen LogP contribution in [0.25, 0.3) is 0 Å². The molecule has 1 fully saturated rings. The molecule has 134 valence electrons. The van der Waals surface area contributed by atoms with E-state index in [1.54, 1.807) is 24.1 Å². The van der Waals surface area contributed by atoms with Crippen molar-refractivity contribution in [1.29, 1.82) is 0 Å². The Kier molecular flexibility index (Phi) is 5.93. The van der Waals surface area contributed by atoms with Crippen LogP contribution >= 0.6 is 11.5 Å². The molecule has 0 unspecified atom stereocenters. The first-order valence-electron chi connectivity index (χ1n) is 8.29. The molecular formula is C17H21FN4O2S. The van der Waals surface area contributed by atoms with E-state index in [0.29, 0.717) is 32.7 Å². The molecule has 0 N–H and O–H groups in total. The van der Waals surface area contributed by atoms with Gasteiger partial charge in [-0.3, -0.25) is 4.79 Å². The molecule has 25 heavy (non-hydrogen) atoms. The Bertz CT molecular complexity index is 724. The molecule has 8 heteroatoms. The number of ether oxygens (including phenoxy) is 1. The molecule has 0 atom stereocenters. The zero-order chi connectivity index (χ0) is 17.6. The number of hydrogen-bond donors (Lipinski definition) is 0. The summed E-state index contributed by atoms with van der Waals surface area (Å²) in [4.78, 5) is 21.0. The molecule has 0 saturated carbocycles. The van der Waals surface area contributed by atoms with Crippen molar-refractivity contribution < 1.29 is 13.9 Å². The van der Waals surface area contributed by atoms with E-state index in [1.807, 2.05) is 0 Å². The average Bonchev–Trinajstić information content (AvgIpc) is 2.96. The van der Waals surface area contributed by atoms with E-state index in [1.165, 1.54) is 23.7 Å². The second kappa shape index (κ2) is 8.35. The first-order valence-corrected chi connectivity index (χ1v) is 9.06. The third-order valence-corrected chi connectivity index (χ3v) is 4.96. The summed E-state index contributed by atoms with van der Waals surface area (Å²) in [6, 6.07) is 6.13. The number of carbonyl (C=O) groups excluding carboxylic acids is 1. The molecule has 3 rings (SSSR count). The summed E-state index contributed by atoms with van der Waals surface area (Å²) in [5.41, 5.74) is 0.133. The first kappa shape index (κ1) is 17.8. The van der Waals surface area contributed by atoms with Gasteiger partial charge in [-0.05, 0) is 18.6 Å². The minimum Gasteiger partial charge on any atom is -0.384 e. The summed E-state index contributed by atoms with van der Waals surface area (Å²) in [7, 11) is 1.66. The average molecular weight is 364 g/mol.